The molecule has 3 heteroatoms. The first-order valence-corrected chi connectivity index (χ1v) is 5.69. The van der Waals surface area contributed by atoms with Crippen LogP contribution in [0.3, 0.4) is 0 Å². The topological polar surface area (TPSA) is 29.1 Å². The van der Waals surface area contributed by atoms with Crippen LogP contribution >= 0.6 is 0 Å². The van der Waals surface area contributed by atoms with Crippen LogP contribution in [0, 0.1) is 18.7 Å². The largest absolute Gasteiger partial charge is 0.352 e. The van der Waals surface area contributed by atoms with E-state index < -0.39 is 0 Å². The Kier molecular flexibility index (Phi) is 3.22. The highest BCUT2D eigenvalue weighted by Crippen LogP contribution is 2.26. The van der Waals surface area contributed by atoms with Gasteiger partial charge in [0, 0.05) is 12.5 Å². The van der Waals surface area contributed by atoms with Gasteiger partial charge in [-0.05, 0) is 37.0 Å². The van der Waals surface area contributed by atoms with Crippen LogP contribution < -0.4 is 5.32 Å². The molecule has 0 unspecified atom stereocenters. The van der Waals surface area contributed by atoms with Crippen molar-refractivity contribution in [3.8, 4) is 0 Å². The Morgan fingerprint density at radius 2 is 2.25 bits per heavy atom. The van der Waals surface area contributed by atoms with Gasteiger partial charge in [-0.25, -0.2) is 4.39 Å². The number of carbonyl (C=O) groups is 1. The van der Waals surface area contributed by atoms with Gasteiger partial charge in [0.15, 0.2) is 0 Å². The molecule has 1 aromatic rings. The quantitative estimate of drug-likeness (QED) is 0.835. The average molecular weight is 221 g/mol. The molecule has 0 aliphatic heterocycles. The molecule has 0 aromatic heterocycles. The number of hydrogen-bond acceptors (Lipinski definition) is 1. The van der Waals surface area contributed by atoms with Gasteiger partial charge < -0.3 is 5.32 Å². The van der Waals surface area contributed by atoms with Crippen LogP contribution in [0.15, 0.2) is 18.2 Å². The normalized spacial score (nSPS) is 15.6. The van der Waals surface area contributed by atoms with Crippen LogP contribution in [0.4, 0.5) is 4.39 Å². The van der Waals surface area contributed by atoms with E-state index in [-0.39, 0.29) is 17.6 Å². The van der Waals surface area contributed by atoms with Crippen LogP contribution in [-0.4, -0.2) is 5.91 Å². The molecule has 1 N–H and O–H groups in total. The second kappa shape index (κ2) is 4.64. The second-order valence-corrected chi connectivity index (χ2v) is 4.43. The molecule has 1 aliphatic carbocycles. The van der Waals surface area contributed by atoms with E-state index in [1.165, 1.54) is 6.07 Å². The predicted octanol–water partition coefficient (Wildman–Crippen LogP) is 2.55. The molecule has 0 radical (unpaired) electrons. The zero-order valence-corrected chi connectivity index (χ0v) is 9.42. The first-order chi connectivity index (χ1) is 7.66. The molecule has 0 atom stereocenters. The van der Waals surface area contributed by atoms with Gasteiger partial charge in [0.25, 0.3) is 0 Å². The first kappa shape index (κ1) is 11.1. The lowest BCUT2D eigenvalue weighted by Gasteiger charge is -2.24. The van der Waals surface area contributed by atoms with E-state index in [9.17, 15) is 9.18 Å². The third-order valence-electron chi connectivity index (χ3n) is 3.18. The summed E-state index contributed by atoms with van der Waals surface area (Å²) in [5.74, 6) is 0.0814. The molecule has 2 nitrogen and oxygen atoms in total. The Balaban J connectivity index is 1.89. The van der Waals surface area contributed by atoms with Gasteiger partial charge in [0.05, 0.1) is 0 Å². The SMILES string of the molecule is Cc1ccc(CNC(=O)C2CCC2)cc1F. The van der Waals surface area contributed by atoms with Gasteiger partial charge in [-0.3, -0.25) is 4.79 Å². The number of nitrogens with one attached hydrogen (secondary N) is 1. The Morgan fingerprint density at radius 3 is 2.81 bits per heavy atom. The third-order valence-corrected chi connectivity index (χ3v) is 3.18. The lowest BCUT2D eigenvalue weighted by Crippen LogP contribution is -2.33. The van der Waals surface area contributed by atoms with Gasteiger partial charge in [0.2, 0.25) is 5.91 Å². The van der Waals surface area contributed by atoms with Crippen molar-refractivity contribution in [1.82, 2.24) is 5.32 Å². The van der Waals surface area contributed by atoms with Gasteiger partial charge in [-0.2, -0.15) is 0 Å². The zero-order valence-electron chi connectivity index (χ0n) is 9.42. The van der Waals surface area contributed by atoms with Gasteiger partial charge >= 0.3 is 0 Å². The van der Waals surface area contributed by atoms with Crippen molar-refractivity contribution < 1.29 is 9.18 Å². The van der Waals surface area contributed by atoms with Gasteiger partial charge in [0.1, 0.15) is 5.82 Å². The van der Waals surface area contributed by atoms with Crippen molar-refractivity contribution in [1.29, 1.82) is 0 Å². The number of amides is 1. The van der Waals surface area contributed by atoms with Gasteiger partial charge in [-0.1, -0.05) is 18.6 Å². The molecule has 0 spiro atoms. The van der Waals surface area contributed by atoms with Crippen molar-refractivity contribution in [3.63, 3.8) is 0 Å². The number of hydrogen-bond donors (Lipinski definition) is 1. The lowest BCUT2D eigenvalue weighted by molar-refractivity contribution is -0.127. The van der Waals surface area contributed by atoms with E-state index in [0.717, 1.165) is 24.8 Å². The minimum absolute atomic E-state index is 0.104. The molecule has 0 bridgehead atoms. The summed E-state index contributed by atoms with van der Waals surface area (Å²) >= 11 is 0. The van der Waals surface area contributed by atoms with Crippen LogP contribution in [0.1, 0.15) is 30.4 Å². The van der Waals surface area contributed by atoms with Crippen molar-refractivity contribution in [2.45, 2.75) is 32.7 Å². The minimum atomic E-state index is -0.213. The number of aryl methyl sites for hydroxylation is 1. The number of halogens is 1. The monoisotopic (exact) mass is 221 g/mol. The highest BCUT2D eigenvalue weighted by atomic mass is 19.1. The Bertz CT molecular complexity index is 399. The molecular formula is C13H16FNO. The van der Waals surface area contributed by atoms with Crippen LogP contribution in [0.5, 0.6) is 0 Å². The smallest absolute Gasteiger partial charge is 0.223 e. The third kappa shape index (κ3) is 2.40. The second-order valence-electron chi connectivity index (χ2n) is 4.43. The fourth-order valence-electron chi connectivity index (χ4n) is 1.75. The Labute approximate surface area is 94.9 Å². The van der Waals surface area contributed by atoms with E-state index in [2.05, 4.69) is 5.32 Å². The molecular weight excluding hydrogens is 205 g/mol. The highest BCUT2D eigenvalue weighted by molar-refractivity contribution is 5.79. The summed E-state index contributed by atoms with van der Waals surface area (Å²) in [5.41, 5.74) is 1.45. The minimum Gasteiger partial charge on any atom is -0.352 e. The summed E-state index contributed by atoms with van der Waals surface area (Å²) in [7, 11) is 0. The van der Waals surface area contributed by atoms with E-state index >= 15 is 0 Å². The van der Waals surface area contributed by atoms with E-state index in [1.807, 2.05) is 6.07 Å². The number of benzene rings is 1. The molecule has 1 amide bonds. The summed E-state index contributed by atoms with van der Waals surface area (Å²) in [6, 6.07) is 5.07. The summed E-state index contributed by atoms with van der Waals surface area (Å²) in [6.45, 7) is 2.15. The van der Waals surface area contributed by atoms with E-state index in [1.54, 1.807) is 13.0 Å². The maximum Gasteiger partial charge on any atom is 0.223 e. The van der Waals surface area contributed by atoms with Crippen LogP contribution in [0.25, 0.3) is 0 Å². The van der Waals surface area contributed by atoms with Crippen molar-refractivity contribution in [2.75, 3.05) is 0 Å². The molecule has 0 heterocycles. The number of carbonyl (C=O) groups excluding carboxylic acids is 1. The van der Waals surface area contributed by atoms with Crippen LogP contribution in [0.2, 0.25) is 0 Å². The van der Waals surface area contributed by atoms with Crippen molar-refractivity contribution >= 4 is 5.91 Å². The maximum atomic E-state index is 13.2. The molecule has 1 saturated carbocycles. The maximum absolute atomic E-state index is 13.2. The molecule has 16 heavy (non-hydrogen) atoms. The standard InChI is InChI=1S/C13H16FNO/c1-9-5-6-10(7-12(9)14)8-15-13(16)11-3-2-4-11/h5-7,11H,2-4,8H2,1H3,(H,15,16). The molecule has 1 aromatic carbocycles. The highest BCUT2D eigenvalue weighted by Gasteiger charge is 2.24. The van der Waals surface area contributed by atoms with Crippen molar-refractivity contribution in [3.05, 3.63) is 35.1 Å². The Hall–Kier alpha value is -1.38. The number of rotatable bonds is 3. The van der Waals surface area contributed by atoms with Crippen LogP contribution in [-0.2, 0) is 11.3 Å². The first-order valence-electron chi connectivity index (χ1n) is 5.69. The summed E-state index contributed by atoms with van der Waals surface area (Å²) < 4.78 is 13.2. The molecule has 2 rings (SSSR count). The summed E-state index contributed by atoms with van der Waals surface area (Å²) in [4.78, 5) is 11.5. The molecule has 86 valence electrons. The van der Waals surface area contributed by atoms with Crippen molar-refractivity contribution in [2.24, 2.45) is 5.92 Å². The molecule has 0 saturated heterocycles. The average Bonchev–Trinajstić information content (AvgIpc) is 2.17. The summed E-state index contributed by atoms with van der Waals surface area (Å²) in [5, 5.41) is 2.84. The summed E-state index contributed by atoms with van der Waals surface area (Å²) in [6.07, 6.45) is 3.14. The Morgan fingerprint density at radius 1 is 1.50 bits per heavy atom. The van der Waals surface area contributed by atoms with E-state index in [4.69, 9.17) is 0 Å². The van der Waals surface area contributed by atoms with Gasteiger partial charge in [-0.15, -0.1) is 0 Å². The zero-order chi connectivity index (χ0) is 11.5. The molecule has 1 aliphatic rings. The molecule has 1 fully saturated rings. The van der Waals surface area contributed by atoms with E-state index in [0.29, 0.717) is 12.1 Å². The fourth-order valence-corrected chi connectivity index (χ4v) is 1.75. The predicted molar refractivity (Wildman–Crippen MR) is 60.3 cm³/mol. The lowest BCUT2D eigenvalue weighted by atomic mass is 9.85. The fraction of sp³-hybridized carbons (Fsp3) is 0.462.